The molecule has 0 fully saturated rings. The number of carbonyl (C=O) groups is 1. The molecule has 0 aliphatic rings. The number of nitrogens with zero attached hydrogens (tertiary/aromatic N) is 1. The maximum Gasteiger partial charge on any atom is 0.226 e. The fourth-order valence-corrected chi connectivity index (χ4v) is 3.08. The van der Waals surface area contributed by atoms with Gasteiger partial charge in [0.1, 0.15) is 5.75 Å². The van der Waals surface area contributed by atoms with Crippen LogP contribution in [-0.4, -0.2) is 39.1 Å². The molecule has 1 amide bonds. The molecule has 0 aliphatic heterocycles. The van der Waals surface area contributed by atoms with E-state index < -0.39 is 0 Å². The number of nitrogens with one attached hydrogen (secondary N) is 3. The molecule has 2 aromatic carbocycles. The molecule has 0 aliphatic carbocycles. The second kappa shape index (κ2) is 13.3. The van der Waals surface area contributed by atoms with Gasteiger partial charge in [-0.05, 0) is 55.2 Å². The molecular formula is C22H30ClIN4O2. The second-order valence-electron chi connectivity index (χ2n) is 6.76. The molecule has 0 saturated carbocycles. The highest BCUT2D eigenvalue weighted by Gasteiger charge is 2.07. The fourth-order valence-electron chi connectivity index (χ4n) is 2.79. The van der Waals surface area contributed by atoms with Crippen LogP contribution < -0.4 is 20.7 Å². The minimum atomic E-state index is -0.106. The summed E-state index contributed by atoms with van der Waals surface area (Å²) in [4.78, 5) is 16.3. The minimum absolute atomic E-state index is 0. The van der Waals surface area contributed by atoms with Gasteiger partial charge in [0.05, 0.1) is 17.8 Å². The number of hydrogen-bond acceptors (Lipinski definition) is 3. The Hall–Kier alpha value is -2.00. The first-order chi connectivity index (χ1) is 13.9. The van der Waals surface area contributed by atoms with Crippen molar-refractivity contribution >= 4 is 53.1 Å². The molecule has 0 heterocycles. The number of amides is 1. The number of aryl methyl sites for hydroxylation is 2. The Morgan fingerprint density at radius 2 is 1.83 bits per heavy atom. The summed E-state index contributed by atoms with van der Waals surface area (Å²) in [5.74, 6) is 1.44. The van der Waals surface area contributed by atoms with Crippen LogP contribution in [0.1, 0.15) is 23.1 Å². The number of ether oxygens (including phenoxy) is 1. The Morgan fingerprint density at radius 1 is 1.10 bits per heavy atom. The van der Waals surface area contributed by atoms with Gasteiger partial charge in [-0.25, -0.2) is 0 Å². The van der Waals surface area contributed by atoms with E-state index in [0.29, 0.717) is 29.6 Å². The Kier molecular flexibility index (Phi) is 11.6. The lowest BCUT2D eigenvalue weighted by Crippen LogP contribution is -2.39. The molecule has 164 valence electrons. The first-order valence-electron chi connectivity index (χ1n) is 9.57. The van der Waals surface area contributed by atoms with Crippen LogP contribution in [0, 0.1) is 13.8 Å². The van der Waals surface area contributed by atoms with Gasteiger partial charge in [-0.15, -0.1) is 24.0 Å². The number of anilines is 1. The number of benzene rings is 2. The van der Waals surface area contributed by atoms with E-state index in [4.69, 9.17) is 16.3 Å². The molecule has 0 aromatic heterocycles. The van der Waals surface area contributed by atoms with Gasteiger partial charge < -0.3 is 20.7 Å². The highest BCUT2D eigenvalue weighted by atomic mass is 127. The smallest absolute Gasteiger partial charge is 0.226 e. The van der Waals surface area contributed by atoms with E-state index in [2.05, 4.69) is 33.1 Å². The van der Waals surface area contributed by atoms with Gasteiger partial charge in [0.2, 0.25) is 5.91 Å². The third-order valence-corrected chi connectivity index (χ3v) is 4.76. The number of hydrogen-bond donors (Lipinski definition) is 3. The van der Waals surface area contributed by atoms with Gasteiger partial charge in [-0.3, -0.25) is 9.79 Å². The summed E-state index contributed by atoms with van der Waals surface area (Å²) in [6.07, 6.45) is 1.14. The van der Waals surface area contributed by atoms with Gasteiger partial charge in [0.25, 0.3) is 0 Å². The Balaban J connectivity index is 0.00000450. The molecule has 3 N–H and O–H groups in total. The van der Waals surface area contributed by atoms with Crippen molar-refractivity contribution in [3.05, 3.63) is 58.1 Å². The molecule has 8 heteroatoms. The molecule has 2 aromatic rings. The highest BCUT2D eigenvalue weighted by molar-refractivity contribution is 14.0. The van der Waals surface area contributed by atoms with E-state index in [1.807, 2.05) is 38.1 Å². The fraction of sp³-hybridized carbons (Fsp3) is 0.364. The van der Waals surface area contributed by atoms with Crippen molar-refractivity contribution in [1.82, 2.24) is 10.6 Å². The molecule has 0 atom stereocenters. The van der Waals surface area contributed by atoms with Crippen LogP contribution in [0.3, 0.4) is 0 Å². The molecule has 0 bridgehead atoms. The average Bonchev–Trinajstić information content (AvgIpc) is 2.70. The summed E-state index contributed by atoms with van der Waals surface area (Å²) in [5, 5.41) is 9.77. The van der Waals surface area contributed by atoms with Crippen LogP contribution in [0.15, 0.2) is 41.4 Å². The zero-order valence-corrected chi connectivity index (χ0v) is 20.9. The van der Waals surface area contributed by atoms with E-state index >= 15 is 0 Å². The van der Waals surface area contributed by atoms with Crippen LogP contribution in [0.4, 0.5) is 5.69 Å². The van der Waals surface area contributed by atoms with E-state index in [1.165, 1.54) is 5.56 Å². The summed E-state index contributed by atoms with van der Waals surface area (Å²) in [6, 6.07) is 11.7. The predicted molar refractivity (Wildman–Crippen MR) is 136 cm³/mol. The first kappa shape index (κ1) is 26.0. The zero-order valence-electron chi connectivity index (χ0n) is 17.8. The lowest BCUT2D eigenvalue weighted by atomic mass is 10.1. The topological polar surface area (TPSA) is 74.8 Å². The zero-order chi connectivity index (χ0) is 21.2. The van der Waals surface area contributed by atoms with Crippen LogP contribution >= 0.6 is 35.6 Å². The van der Waals surface area contributed by atoms with Crippen molar-refractivity contribution in [3.63, 3.8) is 0 Å². The average molecular weight is 545 g/mol. The van der Waals surface area contributed by atoms with Gasteiger partial charge in [-0.2, -0.15) is 0 Å². The number of aliphatic imine (C=N–C) groups is 1. The van der Waals surface area contributed by atoms with Crippen molar-refractivity contribution < 1.29 is 9.53 Å². The molecule has 2 rings (SSSR count). The van der Waals surface area contributed by atoms with E-state index in [0.717, 1.165) is 29.8 Å². The van der Waals surface area contributed by atoms with Gasteiger partial charge in [-0.1, -0.05) is 29.8 Å². The van der Waals surface area contributed by atoms with Crippen molar-refractivity contribution in [1.29, 1.82) is 0 Å². The minimum Gasteiger partial charge on any atom is -0.496 e. The largest absolute Gasteiger partial charge is 0.496 e. The van der Waals surface area contributed by atoms with E-state index in [-0.39, 0.29) is 29.9 Å². The van der Waals surface area contributed by atoms with E-state index in [9.17, 15) is 4.79 Å². The van der Waals surface area contributed by atoms with Crippen LogP contribution in [0.2, 0.25) is 5.02 Å². The lowest BCUT2D eigenvalue weighted by molar-refractivity contribution is -0.116. The van der Waals surface area contributed by atoms with Crippen molar-refractivity contribution in [2.75, 3.05) is 32.6 Å². The maximum absolute atomic E-state index is 12.1. The quantitative estimate of drug-likeness (QED) is 0.263. The number of guanidine groups is 1. The summed E-state index contributed by atoms with van der Waals surface area (Å²) in [5.41, 5.74) is 3.98. The maximum atomic E-state index is 12.1. The van der Waals surface area contributed by atoms with Crippen molar-refractivity contribution in [2.45, 2.75) is 26.7 Å². The predicted octanol–water partition coefficient (Wildman–Crippen LogP) is 4.32. The Bertz CT molecular complexity index is 874. The molecule has 0 saturated heterocycles. The van der Waals surface area contributed by atoms with Gasteiger partial charge in [0.15, 0.2) is 5.96 Å². The third kappa shape index (κ3) is 8.39. The summed E-state index contributed by atoms with van der Waals surface area (Å²) in [7, 11) is 3.38. The number of halogens is 2. The molecule has 6 nitrogen and oxygen atoms in total. The highest BCUT2D eigenvalue weighted by Crippen LogP contribution is 2.22. The van der Waals surface area contributed by atoms with Crippen LogP contribution in [-0.2, 0) is 11.2 Å². The number of carbonyl (C=O) groups excluding carboxylic acids is 1. The molecular weight excluding hydrogens is 515 g/mol. The normalized spacial score (nSPS) is 10.8. The van der Waals surface area contributed by atoms with Crippen LogP contribution in [0.5, 0.6) is 5.75 Å². The number of methoxy groups -OCH3 is 1. The monoisotopic (exact) mass is 544 g/mol. The Morgan fingerprint density at radius 3 is 2.50 bits per heavy atom. The van der Waals surface area contributed by atoms with Crippen LogP contribution in [0.25, 0.3) is 0 Å². The third-order valence-electron chi connectivity index (χ3n) is 4.45. The molecule has 0 radical (unpaired) electrons. The number of rotatable bonds is 8. The van der Waals surface area contributed by atoms with Gasteiger partial charge >= 0.3 is 0 Å². The van der Waals surface area contributed by atoms with E-state index in [1.54, 1.807) is 14.2 Å². The first-order valence-corrected chi connectivity index (χ1v) is 9.94. The summed E-state index contributed by atoms with van der Waals surface area (Å²) >= 11 is 6.15. The lowest BCUT2D eigenvalue weighted by Gasteiger charge is -2.13. The standard InChI is InChI=1S/C22H29ClN4O2.HI/c1-15-5-8-19(18(23)13-15)27-21(28)10-12-26-22(24-3)25-11-9-17-7-6-16(2)20(14-17)29-4;/h5-8,13-14H,9-12H2,1-4H3,(H,27,28)(H2,24,25,26);1H. The molecule has 0 spiro atoms. The molecule has 30 heavy (non-hydrogen) atoms. The second-order valence-corrected chi connectivity index (χ2v) is 7.17. The van der Waals surface area contributed by atoms with Gasteiger partial charge in [0, 0.05) is 26.6 Å². The SMILES string of the molecule is CN=C(NCCC(=O)Nc1ccc(C)cc1Cl)NCCc1ccc(C)c(OC)c1.I. The molecule has 0 unspecified atom stereocenters. The van der Waals surface area contributed by atoms with Crippen molar-refractivity contribution in [3.8, 4) is 5.75 Å². The summed E-state index contributed by atoms with van der Waals surface area (Å²) < 4.78 is 5.36. The van der Waals surface area contributed by atoms with Crippen molar-refractivity contribution in [2.24, 2.45) is 4.99 Å². The summed E-state index contributed by atoms with van der Waals surface area (Å²) in [6.45, 7) is 5.16. The Labute approximate surface area is 200 Å².